The van der Waals surface area contributed by atoms with Gasteiger partial charge in [-0.2, -0.15) is 0 Å². The van der Waals surface area contributed by atoms with Gasteiger partial charge in [0.15, 0.2) is 6.61 Å². The van der Waals surface area contributed by atoms with Crippen LogP contribution in [0.15, 0.2) is 60.7 Å². The molecule has 0 unspecified atom stereocenters. The quantitative estimate of drug-likeness (QED) is 0.349. The van der Waals surface area contributed by atoms with Crippen LogP contribution in [0, 0.1) is 0 Å². The second-order valence-electron chi connectivity index (χ2n) is 6.07. The molecule has 0 aliphatic rings. The van der Waals surface area contributed by atoms with Gasteiger partial charge in [0.05, 0.1) is 31.0 Å². The summed E-state index contributed by atoms with van der Waals surface area (Å²) in [7, 11) is 0. The lowest BCUT2D eigenvalue weighted by Gasteiger charge is -2.11. The van der Waals surface area contributed by atoms with Crippen LogP contribution < -0.4 is 10.1 Å². The minimum Gasteiger partial charge on any atom is -0.482 e. The van der Waals surface area contributed by atoms with Gasteiger partial charge in [-0.05, 0) is 36.4 Å². The van der Waals surface area contributed by atoms with Crippen LogP contribution in [0.2, 0.25) is 15.1 Å². The summed E-state index contributed by atoms with van der Waals surface area (Å²) >= 11 is 20.2. The minimum atomic E-state index is -0.371. The van der Waals surface area contributed by atoms with E-state index in [-0.39, 0.29) is 12.5 Å². The maximum atomic E-state index is 12.3. The van der Waals surface area contributed by atoms with E-state index < -0.39 is 0 Å². The van der Waals surface area contributed by atoms with Crippen molar-refractivity contribution in [1.82, 2.24) is 4.98 Å². The summed E-state index contributed by atoms with van der Waals surface area (Å²) in [6, 6.07) is 18.1. The van der Waals surface area contributed by atoms with Crippen LogP contribution in [0.5, 0.6) is 5.75 Å². The van der Waals surface area contributed by atoms with Gasteiger partial charge in [-0.15, -0.1) is 11.3 Å². The van der Waals surface area contributed by atoms with Crippen LogP contribution in [0.3, 0.4) is 0 Å². The molecule has 4 rings (SSSR count). The van der Waals surface area contributed by atoms with E-state index in [1.165, 1.54) is 11.3 Å². The highest BCUT2D eigenvalue weighted by atomic mass is 35.5. The second-order valence-corrected chi connectivity index (χ2v) is 8.32. The molecule has 1 heterocycles. The molecule has 0 radical (unpaired) electrons. The van der Waals surface area contributed by atoms with Crippen LogP contribution >= 0.6 is 46.1 Å². The van der Waals surface area contributed by atoms with Crippen molar-refractivity contribution in [2.45, 2.75) is 0 Å². The molecule has 1 aromatic heterocycles. The number of thiazole rings is 1. The number of amides is 1. The number of fused-ring (bicyclic) bond motifs is 1. The SMILES string of the molecule is O=C(COc1ccccc1Cl)Nc1cc(-c2nc3ccccc3s2)c(Cl)cc1Cl. The molecular weight excluding hydrogens is 451 g/mol. The summed E-state index contributed by atoms with van der Waals surface area (Å²) in [6.07, 6.45) is 0. The zero-order valence-corrected chi connectivity index (χ0v) is 17.9. The number of para-hydroxylation sites is 2. The summed E-state index contributed by atoms with van der Waals surface area (Å²) in [5, 5.41) is 4.71. The molecule has 0 aliphatic heterocycles. The summed E-state index contributed by atoms with van der Waals surface area (Å²) in [5.74, 6) is 0.0612. The predicted octanol–water partition coefficient (Wildman–Crippen LogP) is 6.94. The topological polar surface area (TPSA) is 51.2 Å². The van der Waals surface area contributed by atoms with Crippen molar-refractivity contribution in [1.29, 1.82) is 0 Å². The normalized spacial score (nSPS) is 10.9. The van der Waals surface area contributed by atoms with E-state index in [4.69, 9.17) is 39.5 Å². The van der Waals surface area contributed by atoms with Crippen molar-refractivity contribution in [3.63, 3.8) is 0 Å². The Morgan fingerprint density at radius 3 is 2.52 bits per heavy atom. The van der Waals surface area contributed by atoms with E-state index in [1.54, 1.807) is 36.4 Å². The van der Waals surface area contributed by atoms with Gasteiger partial charge >= 0.3 is 0 Å². The van der Waals surface area contributed by atoms with Gasteiger partial charge in [-0.25, -0.2) is 4.98 Å². The highest BCUT2D eigenvalue weighted by Gasteiger charge is 2.15. The van der Waals surface area contributed by atoms with Crippen LogP contribution in [-0.4, -0.2) is 17.5 Å². The number of nitrogens with zero attached hydrogens (tertiary/aromatic N) is 1. The average molecular weight is 464 g/mol. The van der Waals surface area contributed by atoms with Gasteiger partial charge < -0.3 is 10.1 Å². The van der Waals surface area contributed by atoms with Crippen molar-refractivity contribution in [2.75, 3.05) is 11.9 Å². The maximum Gasteiger partial charge on any atom is 0.262 e. The standard InChI is InChI=1S/C21H13Cl3N2O2S/c22-13-5-1-3-7-18(13)28-11-20(27)25-17-9-12(14(23)10-15(17)24)21-26-16-6-2-4-8-19(16)29-21/h1-10H,11H2,(H,25,27). The van der Waals surface area contributed by atoms with Gasteiger partial charge in [0, 0.05) is 5.56 Å². The summed E-state index contributed by atoms with van der Waals surface area (Å²) < 4.78 is 6.51. The summed E-state index contributed by atoms with van der Waals surface area (Å²) in [4.78, 5) is 17.0. The molecule has 0 atom stereocenters. The number of ether oxygens (including phenoxy) is 1. The summed E-state index contributed by atoms with van der Waals surface area (Å²) in [6.45, 7) is -0.209. The third-order valence-corrected chi connectivity index (χ3v) is 6.06. The van der Waals surface area contributed by atoms with Crippen molar-refractivity contribution in [3.05, 3.63) is 75.7 Å². The van der Waals surface area contributed by atoms with E-state index >= 15 is 0 Å². The van der Waals surface area contributed by atoms with Crippen molar-refractivity contribution >= 4 is 68.0 Å². The lowest BCUT2D eigenvalue weighted by molar-refractivity contribution is -0.118. The van der Waals surface area contributed by atoms with Crippen molar-refractivity contribution in [2.24, 2.45) is 0 Å². The fourth-order valence-corrected chi connectivity index (χ4v) is 4.45. The molecule has 4 nitrogen and oxygen atoms in total. The number of rotatable bonds is 5. The highest BCUT2D eigenvalue weighted by Crippen LogP contribution is 2.38. The lowest BCUT2D eigenvalue weighted by atomic mass is 10.2. The number of carbonyl (C=O) groups is 1. The number of benzene rings is 3. The zero-order valence-electron chi connectivity index (χ0n) is 14.8. The fourth-order valence-electron chi connectivity index (χ4n) is 2.69. The molecule has 0 saturated heterocycles. The van der Waals surface area contributed by atoms with Crippen LogP contribution in [0.4, 0.5) is 5.69 Å². The first-order valence-corrected chi connectivity index (χ1v) is 10.5. The first-order valence-electron chi connectivity index (χ1n) is 8.53. The molecule has 29 heavy (non-hydrogen) atoms. The lowest BCUT2D eigenvalue weighted by Crippen LogP contribution is -2.20. The van der Waals surface area contributed by atoms with Gasteiger partial charge in [0.25, 0.3) is 5.91 Å². The molecule has 1 amide bonds. The number of hydrogen-bond donors (Lipinski definition) is 1. The summed E-state index contributed by atoms with van der Waals surface area (Å²) in [5.41, 5.74) is 2.01. The average Bonchev–Trinajstić information content (AvgIpc) is 3.13. The van der Waals surface area contributed by atoms with Crippen LogP contribution in [-0.2, 0) is 4.79 Å². The molecular formula is C21H13Cl3N2O2S. The zero-order chi connectivity index (χ0) is 20.4. The van der Waals surface area contributed by atoms with Gasteiger partial charge in [-0.3, -0.25) is 4.79 Å². The number of anilines is 1. The Balaban J connectivity index is 1.55. The van der Waals surface area contributed by atoms with E-state index in [9.17, 15) is 4.79 Å². The number of hydrogen-bond acceptors (Lipinski definition) is 4. The highest BCUT2D eigenvalue weighted by molar-refractivity contribution is 7.21. The molecule has 0 spiro atoms. The number of halogens is 3. The number of carbonyl (C=O) groups excluding carboxylic acids is 1. The van der Waals surface area contributed by atoms with Crippen molar-refractivity contribution in [3.8, 4) is 16.3 Å². The van der Waals surface area contributed by atoms with E-state index in [0.29, 0.717) is 32.1 Å². The Morgan fingerprint density at radius 2 is 1.72 bits per heavy atom. The van der Waals surface area contributed by atoms with Crippen molar-refractivity contribution < 1.29 is 9.53 Å². The van der Waals surface area contributed by atoms with E-state index in [0.717, 1.165) is 15.2 Å². The Labute approximate surface area is 186 Å². The third-order valence-electron chi connectivity index (χ3n) is 4.05. The van der Waals surface area contributed by atoms with Gasteiger partial charge in [0.1, 0.15) is 10.8 Å². The van der Waals surface area contributed by atoms with E-state index in [1.807, 2.05) is 24.3 Å². The molecule has 0 bridgehead atoms. The predicted molar refractivity (Wildman–Crippen MR) is 121 cm³/mol. The number of nitrogens with one attached hydrogen (secondary N) is 1. The second kappa shape index (κ2) is 8.59. The molecule has 4 aromatic rings. The molecule has 146 valence electrons. The molecule has 1 N–H and O–H groups in total. The van der Waals surface area contributed by atoms with Gasteiger partial charge in [-0.1, -0.05) is 59.1 Å². The minimum absolute atomic E-state index is 0.209. The Morgan fingerprint density at radius 1 is 0.966 bits per heavy atom. The molecule has 0 aliphatic carbocycles. The maximum absolute atomic E-state index is 12.3. The smallest absolute Gasteiger partial charge is 0.262 e. The van der Waals surface area contributed by atoms with Crippen LogP contribution in [0.25, 0.3) is 20.8 Å². The van der Waals surface area contributed by atoms with E-state index in [2.05, 4.69) is 10.3 Å². The first kappa shape index (κ1) is 20.0. The Hall–Kier alpha value is -2.31. The monoisotopic (exact) mass is 462 g/mol. The fraction of sp³-hybridized carbons (Fsp3) is 0.0476. The first-order chi connectivity index (χ1) is 14.0. The Bertz CT molecular complexity index is 1180. The largest absolute Gasteiger partial charge is 0.482 e. The number of aromatic nitrogens is 1. The Kier molecular flexibility index (Phi) is 5.92. The van der Waals surface area contributed by atoms with Gasteiger partial charge in [0.2, 0.25) is 0 Å². The molecule has 8 heteroatoms. The molecule has 0 saturated carbocycles. The van der Waals surface area contributed by atoms with Crippen LogP contribution in [0.1, 0.15) is 0 Å². The molecule has 3 aromatic carbocycles. The third kappa shape index (κ3) is 4.49. The molecule has 0 fully saturated rings.